The highest BCUT2D eigenvalue weighted by molar-refractivity contribution is 5.68. The topological polar surface area (TPSA) is 67.8 Å². The van der Waals surface area contributed by atoms with Crippen molar-refractivity contribution in [1.82, 2.24) is 5.32 Å². The molecule has 0 radical (unpaired) electrons. The molecule has 1 rings (SSSR count). The van der Waals surface area contributed by atoms with Gasteiger partial charge in [-0.3, -0.25) is 0 Å². The Balaban J connectivity index is 2.48. The Bertz CT molecular complexity index is 442. The predicted octanol–water partition coefficient (Wildman–Crippen LogP) is 2.72. The number of carbonyl (C=O) groups is 1. The third kappa shape index (κ3) is 7.43. The van der Waals surface area contributed by atoms with Crippen molar-refractivity contribution in [2.45, 2.75) is 45.9 Å². The number of hydrogen-bond donors (Lipinski definition) is 2. The SMILES string of the molecule is CC(CO)C(COCc1ccccc1)NC(=O)OC(C)(C)C. The number of carbonyl (C=O) groups excluding carboxylic acids is 1. The molecule has 1 aromatic carbocycles. The monoisotopic (exact) mass is 309 g/mol. The van der Waals surface area contributed by atoms with Crippen molar-refractivity contribution in [1.29, 1.82) is 0 Å². The van der Waals surface area contributed by atoms with E-state index >= 15 is 0 Å². The van der Waals surface area contributed by atoms with Crippen LogP contribution in [0.5, 0.6) is 0 Å². The molecule has 22 heavy (non-hydrogen) atoms. The first-order valence-electron chi connectivity index (χ1n) is 7.54. The summed E-state index contributed by atoms with van der Waals surface area (Å²) < 4.78 is 10.9. The fourth-order valence-electron chi connectivity index (χ4n) is 1.81. The number of benzene rings is 1. The van der Waals surface area contributed by atoms with Gasteiger partial charge < -0.3 is 19.9 Å². The predicted molar refractivity (Wildman–Crippen MR) is 85.5 cm³/mol. The summed E-state index contributed by atoms with van der Waals surface area (Å²) in [6.07, 6.45) is -0.499. The van der Waals surface area contributed by atoms with E-state index in [4.69, 9.17) is 9.47 Å². The Morgan fingerprint density at radius 2 is 1.91 bits per heavy atom. The van der Waals surface area contributed by atoms with E-state index in [1.165, 1.54) is 0 Å². The molecule has 0 saturated carbocycles. The number of hydrogen-bond acceptors (Lipinski definition) is 4. The summed E-state index contributed by atoms with van der Waals surface area (Å²) in [6.45, 7) is 8.03. The quantitative estimate of drug-likeness (QED) is 0.812. The molecule has 0 aliphatic heterocycles. The molecule has 0 bridgehead atoms. The summed E-state index contributed by atoms with van der Waals surface area (Å²) in [5.41, 5.74) is 0.511. The minimum atomic E-state index is -0.554. The van der Waals surface area contributed by atoms with Crippen LogP contribution in [0.25, 0.3) is 0 Å². The van der Waals surface area contributed by atoms with E-state index in [0.29, 0.717) is 13.2 Å². The second kappa shape index (κ2) is 8.76. The fourth-order valence-corrected chi connectivity index (χ4v) is 1.81. The number of alkyl carbamates (subject to hydrolysis) is 1. The lowest BCUT2D eigenvalue weighted by molar-refractivity contribution is 0.0341. The Kier molecular flexibility index (Phi) is 7.35. The van der Waals surface area contributed by atoms with Crippen LogP contribution in [0, 0.1) is 5.92 Å². The summed E-state index contributed by atoms with van der Waals surface area (Å²) in [6, 6.07) is 9.50. The lowest BCUT2D eigenvalue weighted by atomic mass is 10.0. The van der Waals surface area contributed by atoms with Crippen LogP contribution in [0.4, 0.5) is 4.79 Å². The van der Waals surface area contributed by atoms with E-state index < -0.39 is 11.7 Å². The van der Waals surface area contributed by atoms with Gasteiger partial charge in [0.1, 0.15) is 5.60 Å². The summed E-state index contributed by atoms with van der Waals surface area (Å²) in [7, 11) is 0. The van der Waals surface area contributed by atoms with Crippen LogP contribution in [-0.4, -0.2) is 36.1 Å². The van der Waals surface area contributed by atoms with Crippen molar-refractivity contribution in [3.05, 3.63) is 35.9 Å². The van der Waals surface area contributed by atoms with Gasteiger partial charge in [0.25, 0.3) is 0 Å². The van der Waals surface area contributed by atoms with Crippen molar-refractivity contribution in [2.75, 3.05) is 13.2 Å². The molecule has 5 heteroatoms. The highest BCUT2D eigenvalue weighted by Crippen LogP contribution is 2.10. The molecule has 124 valence electrons. The lowest BCUT2D eigenvalue weighted by Gasteiger charge is -2.26. The average Bonchev–Trinajstić information content (AvgIpc) is 2.44. The molecule has 1 amide bonds. The van der Waals surface area contributed by atoms with Gasteiger partial charge in [-0.1, -0.05) is 37.3 Å². The Hall–Kier alpha value is -1.59. The van der Waals surface area contributed by atoms with Gasteiger partial charge in [-0.05, 0) is 26.3 Å². The smallest absolute Gasteiger partial charge is 0.407 e. The van der Waals surface area contributed by atoms with Gasteiger partial charge in [0, 0.05) is 12.5 Å². The zero-order valence-corrected chi connectivity index (χ0v) is 13.8. The Morgan fingerprint density at radius 1 is 1.27 bits per heavy atom. The molecule has 0 aliphatic carbocycles. The van der Waals surface area contributed by atoms with E-state index in [2.05, 4.69) is 5.32 Å². The number of nitrogens with one attached hydrogen (secondary N) is 1. The maximum atomic E-state index is 11.9. The van der Waals surface area contributed by atoms with E-state index in [1.807, 2.05) is 58.0 Å². The summed E-state index contributed by atoms with van der Waals surface area (Å²) in [4.78, 5) is 11.9. The maximum Gasteiger partial charge on any atom is 0.407 e. The minimum absolute atomic E-state index is 0.0326. The Morgan fingerprint density at radius 3 is 2.45 bits per heavy atom. The molecule has 0 aromatic heterocycles. The first kappa shape index (κ1) is 18.5. The molecular formula is C17H27NO4. The van der Waals surface area contributed by atoms with E-state index in [1.54, 1.807) is 0 Å². The first-order chi connectivity index (χ1) is 10.3. The molecular weight excluding hydrogens is 282 g/mol. The molecule has 1 aromatic rings. The molecule has 0 saturated heterocycles. The van der Waals surface area contributed by atoms with Crippen LogP contribution in [0.15, 0.2) is 30.3 Å². The molecule has 2 atom stereocenters. The molecule has 2 N–H and O–H groups in total. The van der Waals surface area contributed by atoms with E-state index in [9.17, 15) is 9.90 Å². The van der Waals surface area contributed by atoms with Crippen molar-refractivity contribution in [3.63, 3.8) is 0 Å². The van der Waals surface area contributed by atoms with Crippen LogP contribution < -0.4 is 5.32 Å². The van der Waals surface area contributed by atoms with Crippen LogP contribution >= 0.6 is 0 Å². The van der Waals surface area contributed by atoms with Gasteiger partial charge in [-0.2, -0.15) is 0 Å². The van der Waals surface area contributed by atoms with Gasteiger partial charge in [0.05, 0.1) is 19.3 Å². The van der Waals surface area contributed by atoms with Gasteiger partial charge in [-0.15, -0.1) is 0 Å². The summed E-state index contributed by atoms with van der Waals surface area (Å²) >= 11 is 0. The van der Waals surface area contributed by atoms with E-state index in [0.717, 1.165) is 5.56 Å². The number of aliphatic hydroxyl groups is 1. The van der Waals surface area contributed by atoms with Gasteiger partial charge in [0.15, 0.2) is 0 Å². The lowest BCUT2D eigenvalue weighted by Crippen LogP contribution is -2.45. The molecule has 2 unspecified atom stereocenters. The fraction of sp³-hybridized carbons (Fsp3) is 0.588. The van der Waals surface area contributed by atoms with Crippen molar-refractivity contribution < 1.29 is 19.4 Å². The summed E-state index contributed by atoms with van der Waals surface area (Å²) in [5, 5.41) is 12.1. The Labute approximate surface area is 132 Å². The maximum absolute atomic E-state index is 11.9. The van der Waals surface area contributed by atoms with Crippen LogP contribution in [0.1, 0.15) is 33.3 Å². The normalized spacial score (nSPS) is 14.2. The first-order valence-corrected chi connectivity index (χ1v) is 7.54. The molecule has 0 fully saturated rings. The summed E-state index contributed by atoms with van der Waals surface area (Å²) in [5.74, 6) is -0.122. The third-order valence-corrected chi connectivity index (χ3v) is 3.09. The van der Waals surface area contributed by atoms with Crippen LogP contribution in [0.2, 0.25) is 0 Å². The molecule has 0 aliphatic rings. The number of aliphatic hydroxyl groups excluding tert-OH is 1. The van der Waals surface area contributed by atoms with Gasteiger partial charge in [-0.25, -0.2) is 4.79 Å². The number of ether oxygens (including phenoxy) is 2. The van der Waals surface area contributed by atoms with Gasteiger partial charge in [0.2, 0.25) is 0 Å². The van der Waals surface area contributed by atoms with Crippen molar-refractivity contribution in [3.8, 4) is 0 Å². The largest absolute Gasteiger partial charge is 0.444 e. The second-order valence-corrected chi connectivity index (χ2v) is 6.41. The second-order valence-electron chi connectivity index (χ2n) is 6.41. The van der Waals surface area contributed by atoms with Crippen molar-refractivity contribution in [2.24, 2.45) is 5.92 Å². The zero-order valence-electron chi connectivity index (χ0n) is 13.8. The molecule has 0 heterocycles. The van der Waals surface area contributed by atoms with Crippen molar-refractivity contribution >= 4 is 6.09 Å². The minimum Gasteiger partial charge on any atom is -0.444 e. The number of amides is 1. The molecule has 0 spiro atoms. The number of rotatable bonds is 7. The van der Waals surface area contributed by atoms with Gasteiger partial charge >= 0.3 is 6.09 Å². The average molecular weight is 309 g/mol. The van der Waals surface area contributed by atoms with Crippen LogP contribution in [-0.2, 0) is 16.1 Å². The zero-order chi connectivity index (χ0) is 16.6. The highest BCUT2D eigenvalue weighted by Gasteiger charge is 2.23. The standard InChI is InChI=1S/C17H27NO4/c1-13(10-19)15(18-16(20)22-17(2,3)4)12-21-11-14-8-6-5-7-9-14/h5-9,13,15,19H,10-12H2,1-4H3,(H,18,20). The van der Waals surface area contributed by atoms with E-state index in [-0.39, 0.29) is 18.6 Å². The molecule has 5 nitrogen and oxygen atoms in total. The highest BCUT2D eigenvalue weighted by atomic mass is 16.6. The van der Waals surface area contributed by atoms with Crippen LogP contribution in [0.3, 0.4) is 0 Å². The third-order valence-electron chi connectivity index (χ3n) is 3.09.